The molecule has 0 aliphatic heterocycles. The molecule has 2 heterocycles. The van der Waals surface area contributed by atoms with Crippen LogP contribution in [0.1, 0.15) is 25.5 Å². The van der Waals surface area contributed by atoms with Gasteiger partial charge >= 0.3 is 0 Å². The highest BCUT2D eigenvalue weighted by Gasteiger charge is 2.28. The van der Waals surface area contributed by atoms with Gasteiger partial charge < -0.3 is 9.73 Å². The number of aryl methyl sites for hydroxylation is 1. The lowest BCUT2D eigenvalue weighted by Crippen LogP contribution is -2.32. The molecule has 26 heavy (non-hydrogen) atoms. The summed E-state index contributed by atoms with van der Waals surface area (Å²) in [6.07, 6.45) is 3.80. The molecule has 1 N–H and O–H groups in total. The minimum atomic E-state index is -0.249. The van der Waals surface area contributed by atoms with Gasteiger partial charge in [-0.15, -0.1) is 10.2 Å². The van der Waals surface area contributed by atoms with Gasteiger partial charge in [-0.25, -0.2) is 0 Å². The molecular weight excluding hydrogens is 348 g/mol. The fourth-order valence-corrected chi connectivity index (χ4v) is 3.58. The average Bonchev–Trinajstić information content (AvgIpc) is 3.21. The fraction of sp³-hybridized carbons (Fsp3) is 0.316. The highest BCUT2D eigenvalue weighted by molar-refractivity contribution is 8.00. The van der Waals surface area contributed by atoms with E-state index in [0.717, 1.165) is 29.9 Å². The molecule has 0 radical (unpaired) electrons. The van der Waals surface area contributed by atoms with Crippen molar-refractivity contribution in [2.45, 2.75) is 43.1 Å². The van der Waals surface area contributed by atoms with Crippen LogP contribution in [0.5, 0.6) is 0 Å². The predicted octanol–water partition coefficient (Wildman–Crippen LogP) is 3.59. The van der Waals surface area contributed by atoms with Gasteiger partial charge in [0.15, 0.2) is 11.0 Å². The third-order valence-corrected chi connectivity index (χ3v) is 5.37. The van der Waals surface area contributed by atoms with Crippen molar-refractivity contribution in [2.75, 3.05) is 0 Å². The molecule has 1 unspecified atom stereocenters. The predicted molar refractivity (Wildman–Crippen MR) is 100 cm³/mol. The zero-order valence-corrected chi connectivity index (χ0v) is 15.5. The second-order valence-corrected chi connectivity index (χ2v) is 7.72. The summed E-state index contributed by atoms with van der Waals surface area (Å²) in [5.74, 6) is 1.53. The first kappa shape index (κ1) is 16.9. The van der Waals surface area contributed by atoms with Crippen LogP contribution in [-0.4, -0.2) is 32.0 Å². The number of thioether (sulfide) groups is 1. The van der Waals surface area contributed by atoms with Crippen molar-refractivity contribution in [1.82, 2.24) is 20.1 Å². The van der Waals surface area contributed by atoms with E-state index < -0.39 is 0 Å². The monoisotopic (exact) mass is 368 g/mol. The quantitative estimate of drug-likeness (QED) is 0.673. The summed E-state index contributed by atoms with van der Waals surface area (Å²) < 4.78 is 7.41. The van der Waals surface area contributed by atoms with Gasteiger partial charge in [-0.2, -0.15) is 0 Å². The van der Waals surface area contributed by atoms with E-state index in [-0.39, 0.29) is 11.2 Å². The SMILES string of the molecule is Cc1occc1-c1nnc(SC(C)C(=O)NC2CC2)n1-c1ccccc1. The van der Waals surface area contributed by atoms with Crippen molar-refractivity contribution < 1.29 is 9.21 Å². The Morgan fingerprint density at radius 1 is 1.27 bits per heavy atom. The molecule has 0 saturated heterocycles. The van der Waals surface area contributed by atoms with Crippen LogP contribution in [-0.2, 0) is 4.79 Å². The molecule has 4 rings (SSSR count). The number of carbonyl (C=O) groups excluding carboxylic acids is 1. The van der Waals surface area contributed by atoms with E-state index in [4.69, 9.17) is 4.42 Å². The van der Waals surface area contributed by atoms with Crippen molar-refractivity contribution in [1.29, 1.82) is 0 Å². The third kappa shape index (κ3) is 3.39. The minimum absolute atomic E-state index is 0.0427. The number of hydrogen-bond acceptors (Lipinski definition) is 5. The van der Waals surface area contributed by atoms with Crippen LogP contribution in [0.15, 0.2) is 52.2 Å². The van der Waals surface area contributed by atoms with Gasteiger partial charge in [-0.3, -0.25) is 9.36 Å². The highest BCUT2D eigenvalue weighted by atomic mass is 32.2. The van der Waals surface area contributed by atoms with E-state index in [1.165, 1.54) is 11.8 Å². The molecule has 134 valence electrons. The Labute approximate surface area is 156 Å². The topological polar surface area (TPSA) is 72.9 Å². The number of hydrogen-bond donors (Lipinski definition) is 1. The van der Waals surface area contributed by atoms with E-state index >= 15 is 0 Å². The molecule has 1 atom stereocenters. The van der Waals surface area contributed by atoms with Gasteiger partial charge in [0.2, 0.25) is 5.91 Å². The maximum Gasteiger partial charge on any atom is 0.233 e. The molecule has 1 aliphatic carbocycles. The number of para-hydroxylation sites is 1. The Kier molecular flexibility index (Phi) is 4.55. The Hall–Kier alpha value is -2.54. The van der Waals surface area contributed by atoms with Crippen LogP contribution in [0.4, 0.5) is 0 Å². The van der Waals surface area contributed by atoms with Crippen LogP contribution in [0.2, 0.25) is 0 Å². The Balaban J connectivity index is 1.69. The fourth-order valence-electron chi connectivity index (χ4n) is 2.71. The molecular formula is C19H20N4O2S. The Bertz CT molecular complexity index is 915. The maximum atomic E-state index is 12.3. The van der Waals surface area contributed by atoms with Crippen LogP contribution in [0, 0.1) is 6.92 Å². The van der Waals surface area contributed by atoms with Gasteiger partial charge in [0.05, 0.1) is 17.1 Å². The first-order chi connectivity index (χ1) is 12.6. The number of aromatic nitrogens is 3. The first-order valence-corrected chi connectivity index (χ1v) is 9.54. The molecule has 1 aliphatic rings. The molecule has 7 heteroatoms. The zero-order chi connectivity index (χ0) is 18.1. The lowest BCUT2D eigenvalue weighted by Gasteiger charge is -2.13. The van der Waals surface area contributed by atoms with Crippen LogP contribution in [0.3, 0.4) is 0 Å². The van der Waals surface area contributed by atoms with Crippen molar-refractivity contribution in [3.8, 4) is 17.1 Å². The average molecular weight is 368 g/mol. The summed E-state index contributed by atoms with van der Waals surface area (Å²) in [4.78, 5) is 12.3. The highest BCUT2D eigenvalue weighted by Crippen LogP contribution is 2.32. The molecule has 3 aromatic rings. The molecule has 0 bridgehead atoms. The van der Waals surface area contributed by atoms with E-state index in [0.29, 0.717) is 17.0 Å². The first-order valence-electron chi connectivity index (χ1n) is 8.66. The number of rotatable bonds is 6. The van der Waals surface area contributed by atoms with Gasteiger partial charge in [0.25, 0.3) is 0 Å². The van der Waals surface area contributed by atoms with Crippen molar-refractivity contribution >= 4 is 17.7 Å². The second-order valence-electron chi connectivity index (χ2n) is 6.41. The summed E-state index contributed by atoms with van der Waals surface area (Å²) in [5, 5.41) is 12.2. The van der Waals surface area contributed by atoms with Crippen LogP contribution >= 0.6 is 11.8 Å². The number of benzene rings is 1. The van der Waals surface area contributed by atoms with Gasteiger partial charge in [-0.1, -0.05) is 30.0 Å². The van der Waals surface area contributed by atoms with Gasteiger partial charge in [0.1, 0.15) is 5.76 Å². The summed E-state index contributed by atoms with van der Waals surface area (Å²) in [7, 11) is 0. The number of nitrogens with one attached hydrogen (secondary N) is 1. The summed E-state index contributed by atoms with van der Waals surface area (Å²) >= 11 is 1.41. The molecule has 1 aromatic carbocycles. The molecule has 1 saturated carbocycles. The zero-order valence-electron chi connectivity index (χ0n) is 14.7. The van der Waals surface area contributed by atoms with Crippen molar-refractivity contribution in [2.24, 2.45) is 0 Å². The molecule has 1 amide bonds. The second kappa shape index (κ2) is 6.99. The van der Waals surface area contributed by atoms with Crippen LogP contribution in [0.25, 0.3) is 17.1 Å². The lowest BCUT2D eigenvalue weighted by atomic mass is 10.2. The number of nitrogens with zero attached hydrogens (tertiary/aromatic N) is 3. The van der Waals surface area contributed by atoms with E-state index in [1.54, 1.807) is 6.26 Å². The smallest absolute Gasteiger partial charge is 0.233 e. The largest absolute Gasteiger partial charge is 0.469 e. The van der Waals surface area contributed by atoms with Gasteiger partial charge in [-0.05, 0) is 44.9 Å². The molecule has 0 spiro atoms. The van der Waals surface area contributed by atoms with Crippen molar-refractivity contribution in [3.63, 3.8) is 0 Å². The van der Waals surface area contributed by atoms with Crippen molar-refractivity contribution in [3.05, 3.63) is 48.4 Å². The Morgan fingerprint density at radius 3 is 2.69 bits per heavy atom. The van der Waals surface area contributed by atoms with E-state index in [9.17, 15) is 4.79 Å². The van der Waals surface area contributed by atoms with E-state index in [2.05, 4.69) is 15.5 Å². The summed E-state index contributed by atoms with van der Waals surface area (Å²) in [5.41, 5.74) is 1.84. The number of furan rings is 1. The lowest BCUT2D eigenvalue weighted by molar-refractivity contribution is -0.120. The number of carbonyl (C=O) groups is 1. The van der Waals surface area contributed by atoms with Crippen LogP contribution < -0.4 is 5.32 Å². The molecule has 2 aromatic heterocycles. The third-order valence-electron chi connectivity index (χ3n) is 4.32. The Morgan fingerprint density at radius 2 is 2.04 bits per heavy atom. The normalized spacial score (nSPS) is 15.0. The maximum absolute atomic E-state index is 12.3. The van der Waals surface area contributed by atoms with E-state index in [1.807, 2.05) is 54.8 Å². The summed E-state index contributed by atoms with van der Waals surface area (Å²) in [6, 6.07) is 12.1. The summed E-state index contributed by atoms with van der Waals surface area (Å²) in [6.45, 7) is 3.80. The minimum Gasteiger partial charge on any atom is -0.469 e. The number of amides is 1. The molecule has 1 fully saturated rings. The van der Waals surface area contributed by atoms with Gasteiger partial charge in [0, 0.05) is 11.7 Å². The standard InChI is InChI=1S/C19H20N4O2S/c1-12-16(10-11-25-12)17-21-22-19(23(17)15-6-4-3-5-7-15)26-13(2)18(24)20-14-8-9-14/h3-7,10-11,13-14H,8-9H2,1-2H3,(H,20,24). The molecule has 6 nitrogen and oxygen atoms in total.